The highest BCUT2D eigenvalue weighted by Crippen LogP contribution is 2.36. The highest BCUT2D eigenvalue weighted by Gasteiger charge is 2.43. The lowest BCUT2D eigenvalue weighted by molar-refractivity contribution is -0.167. The molecule has 0 spiro atoms. The molecule has 0 N–H and O–H groups in total. The number of hydrogen-bond acceptors (Lipinski definition) is 6. The van der Waals surface area contributed by atoms with Gasteiger partial charge in [0.2, 0.25) is 0 Å². The quantitative estimate of drug-likeness (QED) is 0.132. The van der Waals surface area contributed by atoms with Crippen LogP contribution in [0.1, 0.15) is 117 Å². The molecule has 0 aromatic carbocycles. The third-order valence-corrected chi connectivity index (χ3v) is 6.52. The maximum absolute atomic E-state index is 12.9. The van der Waals surface area contributed by atoms with Crippen molar-refractivity contribution in [2.24, 2.45) is 17.8 Å². The average Bonchev–Trinajstić information content (AvgIpc) is 2.82. The van der Waals surface area contributed by atoms with Gasteiger partial charge in [0.15, 0.2) is 0 Å². The zero-order chi connectivity index (χ0) is 24.3. The Balaban J connectivity index is 2.62. The lowest BCUT2D eigenvalue weighted by atomic mass is 9.74. The van der Waals surface area contributed by atoms with Gasteiger partial charge in [0, 0.05) is 0 Å². The summed E-state index contributed by atoms with van der Waals surface area (Å²) in [4.78, 5) is 38.2. The Labute approximate surface area is 201 Å². The third kappa shape index (κ3) is 12.4. The predicted molar refractivity (Wildman–Crippen MR) is 130 cm³/mol. The summed E-state index contributed by atoms with van der Waals surface area (Å²) < 4.78 is 16.5. The molecule has 0 aromatic rings. The summed E-state index contributed by atoms with van der Waals surface area (Å²) in [7, 11) is 0. The zero-order valence-electron chi connectivity index (χ0n) is 21.4. The smallest absolute Gasteiger partial charge is 0.309 e. The summed E-state index contributed by atoms with van der Waals surface area (Å²) in [5.74, 6) is -2.48. The van der Waals surface area contributed by atoms with E-state index < -0.39 is 11.8 Å². The van der Waals surface area contributed by atoms with Crippen molar-refractivity contribution < 1.29 is 28.6 Å². The van der Waals surface area contributed by atoms with Crippen molar-refractivity contribution in [1.82, 2.24) is 0 Å². The van der Waals surface area contributed by atoms with Crippen LogP contribution in [0.15, 0.2) is 0 Å². The predicted octanol–water partition coefficient (Wildman–Crippen LogP) is 6.39. The normalized spacial score (nSPS) is 20.3. The molecular formula is C27H48O6. The molecule has 3 unspecified atom stereocenters. The first-order valence-electron chi connectivity index (χ1n) is 13.5. The van der Waals surface area contributed by atoms with Crippen molar-refractivity contribution >= 4 is 17.9 Å². The molecule has 1 aliphatic carbocycles. The SMILES string of the molecule is CCCCCCOC(=O)C1CCC(C(=O)OCCCCCC)C(C(=O)OCCCCCC)C1. The van der Waals surface area contributed by atoms with Crippen molar-refractivity contribution in [1.29, 1.82) is 0 Å². The minimum atomic E-state index is -0.634. The second kappa shape index (κ2) is 18.8. The molecule has 0 saturated heterocycles. The van der Waals surface area contributed by atoms with E-state index in [0.29, 0.717) is 39.1 Å². The van der Waals surface area contributed by atoms with Gasteiger partial charge in [-0.3, -0.25) is 14.4 Å². The molecule has 0 amide bonds. The molecule has 0 aliphatic heterocycles. The molecule has 0 heterocycles. The average molecular weight is 469 g/mol. The van der Waals surface area contributed by atoms with Gasteiger partial charge in [-0.05, 0) is 38.5 Å². The summed E-state index contributed by atoms with van der Waals surface area (Å²) in [6, 6.07) is 0. The number of hydrogen-bond donors (Lipinski definition) is 0. The Hall–Kier alpha value is -1.59. The van der Waals surface area contributed by atoms with E-state index in [0.717, 1.165) is 77.0 Å². The van der Waals surface area contributed by atoms with Gasteiger partial charge in [0.25, 0.3) is 0 Å². The van der Waals surface area contributed by atoms with Crippen LogP contribution >= 0.6 is 0 Å². The van der Waals surface area contributed by atoms with Gasteiger partial charge >= 0.3 is 17.9 Å². The molecule has 0 bridgehead atoms. The number of esters is 3. The molecular weight excluding hydrogens is 420 g/mol. The first-order chi connectivity index (χ1) is 16.0. The monoisotopic (exact) mass is 468 g/mol. The molecule has 3 atom stereocenters. The fourth-order valence-corrected chi connectivity index (χ4v) is 4.36. The molecule has 1 saturated carbocycles. The van der Waals surface area contributed by atoms with Crippen molar-refractivity contribution in [3.63, 3.8) is 0 Å². The lowest BCUT2D eigenvalue weighted by Gasteiger charge is -2.32. The molecule has 0 aromatic heterocycles. The van der Waals surface area contributed by atoms with Crippen molar-refractivity contribution in [2.75, 3.05) is 19.8 Å². The van der Waals surface area contributed by atoms with Crippen LogP contribution in [0.2, 0.25) is 0 Å². The number of carbonyl (C=O) groups is 3. The molecule has 1 rings (SSSR count). The summed E-state index contributed by atoms with van der Waals surface area (Å²) >= 11 is 0. The number of carbonyl (C=O) groups excluding carboxylic acids is 3. The lowest BCUT2D eigenvalue weighted by Crippen LogP contribution is -2.40. The Morgan fingerprint density at radius 2 is 0.970 bits per heavy atom. The fraction of sp³-hybridized carbons (Fsp3) is 0.889. The number of unbranched alkanes of at least 4 members (excludes halogenated alkanes) is 9. The summed E-state index contributed by atoms with van der Waals surface area (Å²) in [6.45, 7) is 7.58. The molecule has 6 nitrogen and oxygen atoms in total. The van der Waals surface area contributed by atoms with Crippen LogP contribution in [-0.4, -0.2) is 37.7 Å². The Morgan fingerprint density at radius 3 is 1.42 bits per heavy atom. The molecule has 1 aliphatic rings. The van der Waals surface area contributed by atoms with E-state index in [1.54, 1.807) is 0 Å². The van der Waals surface area contributed by atoms with Crippen LogP contribution in [0, 0.1) is 17.8 Å². The molecule has 33 heavy (non-hydrogen) atoms. The minimum absolute atomic E-state index is 0.251. The first-order valence-corrected chi connectivity index (χ1v) is 13.5. The Kier molecular flexibility index (Phi) is 16.8. The number of rotatable bonds is 18. The third-order valence-electron chi connectivity index (χ3n) is 6.52. The maximum atomic E-state index is 12.9. The van der Waals surface area contributed by atoms with Gasteiger partial charge in [-0.15, -0.1) is 0 Å². The van der Waals surface area contributed by atoms with Crippen LogP contribution in [0.5, 0.6) is 0 Å². The fourth-order valence-electron chi connectivity index (χ4n) is 4.36. The van der Waals surface area contributed by atoms with Crippen LogP contribution in [-0.2, 0) is 28.6 Å². The van der Waals surface area contributed by atoms with Gasteiger partial charge in [-0.2, -0.15) is 0 Å². The van der Waals surface area contributed by atoms with E-state index in [9.17, 15) is 14.4 Å². The molecule has 192 valence electrons. The summed E-state index contributed by atoms with van der Waals surface area (Å²) in [5, 5.41) is 0. The molecule has 1 fully saturated rings. The van der Waals surface area contributed by atoms with E-state index in [1.807, 2.05) is 0 Å². The van der Waals surface area contributed by atoms with Crippen molar-refractivity contribution in [3.05, 3.63) is 0 Å². The second-order valence-electron chi connectivity index (χ2n) is 9.41. The van der Waals surface area contributed by atoms with Crippen molar-refractivity contribution in [3.8, 4) is 0 Å². The largest absolute Gasteiger partial charge is 0.465 e. The summed E-state index contributed by atoms with van der Waals surface area (Å²) in [6.07, 6.45) is 13.7. The van der Waals surface area contributed by atoms with Crippen molar-refractivity contribution in [2.45, 2.75) is 117 Å². The van der Waals surface area contributed by atoms with E-state index in [4.69, 9.17) is 14.2 Å². The van der Waals surface area contributed by atoms with E-state index in [-0.39, 0.29) is 23.8 Å². The standard InChI is InChI=1S/C27H48O6/c1-4-7-10-13-18-31-25(28)22-16-17-23(26(29)32-19-14-11-8-5-2)24(21-22)27(30)33-20-15-12-9-6-3/h22-24H,4-21H2,1-3H3. The highest BCUT2D eigenvalue weighted by molar-refractivity contribution is 5.83. The van der Waals surface area contributed by atoms with E-state index in [2.05, 4.69) is 20.8 Å². The number of ether oxygens (including phenoxy) is 3. The van der Waals surface area contributed by atoms with Crippen LogP contribution in [0.25, 0.3) is 0 Å². The van der Waals surface area contributed by atoms with E-state index >= 15 is 0 Å². The Bertz CT molecular complexity index is 547. The summed E-state index contributed by atoms with van der Waals surface area (Å²) in [5.41, 5.74) is 0. The minimum Gasteiger partial charge on any atom is -0.465 e. The van der Waals surface area contributed by atoms with Crippen LogP contribution < -0.4 is 0 Å². The van der Waals surface area contributed by atoms with Gasteiger partial charge in [-0.25, -0.2) is 0 Å². The highest BCUT2D eigenvalue weighted by atomic mass is 16.5. The topological polar surface area (TPSA) is 78.9 Å². The molecule has 0 radical (unpaired) electrons. The van der Waals surface area contributed by atoms with Gasteiger partial charge in [-0.1, -0.05) is 78.6 Å². The van der Waals surface area contributed by atoms with Crippen LogP contribution in [0.3, 0.4) is 0 Å². The van der Waals surface area contributed by atoms with Gasteiger partial charge in [0.1, 0.15) is 0 Å². The Morgan fingerprint density at radius 1 is 0.545 bits per heavy atom. The van der Waals surface area contributed by atoms with E-state index in [1.165, 1.54) is 0 Å². The maximum Gasteiger partial charge on any atom is 0.309 e. The zero-order valence-corrected chi connectivity index (χ0v) is 21.4. The van der Waals surface area contributed by atoms with Gasteiger partial charge in [0.05, 0.1) is 37.6 Å². The van der Waals surface area contributed by atoms with Gasteiger partial charge < -0.3 is 14.2 Å². The first kappa shape index (κ1) is 29.4. The molecule has 6 heteroatoms. The second-order valence-corrected chi connectivity index (χ2v) is 9.41. The van der Waals surface area contributed by atoms with Crippen LogP contribution in [0.4, 0.5) is 0 Å².